The molecule has 0 saturated carbocycles. The van der Waals surface area contributed by atoms with Crippen LogP contribution in [0.3, 0.4) is 0 Å². The number of aromatic nitrogens is 2. The second-order valence-electron chi connectivity index (χ2n) is 5.67. The van der Waals surface area contributed by atoms with Crippen LogP contribution in [0, 0.1) is 6.92 Å². The Morgan fingerprint density at radius 1 is 1.39 bits per heavy atom. The molecule has 2 bridgehead atoms. The van der Waals surface area contributed by atoms with Gasteiger partial charge < -0.3 is 5.73 Å². The third-order valence-electron chi connectivity index (χ3n) is 4.36. The molecular weight excluding hydrogens is 226 g/mol. The molecule has 1 aromatic rings. The van der Waals surface area contributed by atoms with Gasteiger partial charge in [-0.15, -0.1) is 0 Å². The number of aryl methyl sites for hydroxylation is 2. The van der Waals surface area contributed by atoms with Crippen molar-refractivity contribution in [1.82, 2.24) is 19.6 Å². The number of hydrogen-bond acceptors (Lipinski definition) is 4. The Morgan fingerprint density at radius 3 is 2.61 bits per heavy atom. The molecule has 3 aliphatic heterocycles. The summed E-state index contributed by atoms with van der Waals surface area (Å²) in [6.45, 7) is 7.97. The van der Waals surface area contributed by atoms with Crippen molar-refractivity contribution in [1.29, 1.82) is 0 Å². The Kier molecular flexibility index (Phi) is 3.13. The molecule has 0 amide bonds. The summed E-state index contributed by atoms with van der Waals surface area (Å²) in [6.07, 6.45) is 0.923. The van der Waals surface area contributed by atoms with Gasteiger partial charge in [0.05, 0.1) is 5.69 Å². The maximum Gasteiger partial charge on any atom is 0.0596 e. The summed E-state index contributed by atoms with van der Waals surface area (Å²) in [5.74, 6) is 0. The first-order valence-corrected chi connectivity index (χ1v) is 6.85. The standard InChI is InChI=1S/C13H23N5/c1-10-7-11(16(2)15-10)8-12(14)13-9-17-3-5-18(13)6-4-17/h7,12-13H,3-6,8-9,14H2,1-2H3. The summed E-state index contributed by atoms with van der Waals surface area (Å²) >= 11 is 0. The zero-order valence-corrected chi connectivity index (χ0v) is 11.3. The molecule has 0 aliphatic carbocycles. The summed E-state index contributed by atoms with van der Waals surface area (Å²) < 4.78 is 1.96. The van der Waals surface area contributed by atoms with Crippen LogP contribution in [-0.4, -0.2) is 64.4 Å². The average Bonchev–Trinajstić information content (AvgIpc) is 2.69. The minimum atomic E-state index is 0.211. The lowest BCUT2D eigenvalue weighted by Crippen LogP contribution is -2.66. The van der Waals surface area contributed by atoms with Crippen LogP contribution in [-0.2, 0) is 13.5 Å². The topological polar surface area (TPSA) is 50.3 Å². The van der Waals surface area contributed by atoms with E-state index in [0.29, 0.717) is 6.04 Å². The normalized spacial score (nSPS) is 32.7. The molecule has 3 saturated heterocycles. The van der Waals surface area contributed by atoms with E-state index in [-0.39, 0.29) is 6.04 Å². The van der Waals surface area contributed by atoms with E-state index >= 15 is 0 Å². The van der Waals surface area contributed by atoms with Gasteiger partial charge in [-0.2, -0.15) is 5.10 Å². The van der Waals surface area contributed by atoms with Crippen molar-refractivity contribution in [2.24, 2.45) is 12.8 Å². The Morgan fingerprint density at radius 2 is 2.11 bits per heavy atom. The average molecular weight is 249 g/mol. The first kappa shape index (κ1) is 12.1. The predicted octanol–water partition coefficient (Wildman–Crippen LogP) is -0.402. The summed E-state index contributed by atoms with van der Waals surface area (Å²) in [4.78, 5) is 5.10. The van der Waals surface area contributed by atoms with Crippen LogP contribution in [0.4, 0.5) is 0 Å². The second-order valence-corrected chi connectivity index (χ2v) is 5.67. The van der Waals surface area contributed by atoms with Crippen LogP contribution < -0.4 is 5.73 Å². The monoisotopic (exact) mass is 249 g/mol. The first-order valence-electron chi connectivity index (χ1n) is 6.85. The van der Waals surface area contributed by atoms with Gasteiger partial charge in [0.2, 0.25) is 0 Å². The van der Waals surface area contributed by atoms with Crippen LogP contribution in [0.1, 0.15) is 11.4 Å². The summed E-state index contributed by atoms with van der Waals surface area (Å²) in [6, 6.07) is 2.88. The van der Waals surface area contributed by atoms with Crippen molar-refractivity contribution in [3.8, 4) is 0 Å². The van der Waals surface area contributed by atoms with Crippen LogP contribution in [0.25, 0.3) is 0 Å². The maximum atomic E-state index is 6.44. The van der Waals surface area contributed by atoms with E-state index in [1.807, 2.05) is 18.7 Å². The predicted molar refractivity (Wildman–Crippen MR) is 71.4 cm³/mol. The fourth-order valence-corrected chi connectivity index (χ4v) is 3.30. The van der Waals surface area contributed by atoms with Crippen molar-refractivity contribution < 1.29 is 0 Å². The third-order valence-corrected chi connectivity index (χ3v) is 4.36. The van der Waals surface area contributed by atoms with E-state index in [0.717, 1.165) is 18.7 Å². The Bertz CT molecular complexity index is 419. The van der Waals surface area contributed by atoms with E-state index < -0.39 is 0 Å². The second kappa shape index (κ2) is 4.64. The van der Waals surface area contributed by atoms with Crippen LogP contribution >= 0.6 is 0 Å². The first-order chi connectivity index (χ1) is 8.63. The smallest absolute Gasteiger partial charge is 0.0596 e. The molecule has 2 N–H and O–H groups in total. The molecule has 18 heavy (non-hydrogen) atoms. The van der Waals surface area contributed by atoms with Crippen molar-refractivity contribution in [3.05, 3.63) is 17.5 Å². The van der Waals surface area contributed by atoms with Crippen LogP contribution in [0.15, 0.2) is 6.07 Å². The lowest BCUT2D eigenvalue weighted by atomic mass is 9.97. The molecule has 3 aliphatic rings. The zero-order valence-electron chi connectivity index (χ0n) is 11.3. The van der Waals surface area contributed by atoms with Gasteiger partial charge in [0.25, 0.3) is 0 Å². The zero-order chi connectivity index (χ0) is 12.7. The van der Waals surface area contributed by atoms with Gasteiger partial charge in [0, 0.05) is 64.0 Å². The molecule has 2 unspecified atom stereocenters. The molecule has 2 atom stereocenters. The van der Waals surface area contributed by atoms with E-state index in [4.69, 9.17) is 5.73 Å². The quantitative estimate of drug-likeness (QED) is 0.792. The molecule has 5 nitrogen and oxygen atoms in total. The largest absolute Gasteiger partial charge is 0.326 e. The lowest BCUT2D eigenvalue weighted by molar-refractivity contribution is 0.00237. The van der Waals surface area contributed by atoms with Gasteiger partial charge >= 0.3 is 0 Å². The summed E-state index contributed by atoms with van der Waals surface area (Å²) in [5, 5.41) is 4.39. The van der Waals surface area contributed by atoms with Gasteiger partial charge in [-0.3, -0.25) is 14.5 Å². The number of nitrogens with zero attached hydrogens (tertiary/aromatic N) is 4. The number of nitrogens with two attached hydrogens (primary N) is 1. The fourth-order valence-electron chi connectivity index (χ4n) is 3.30. The highest BCUT2D eigenvalue weighted by molar-refractivity contribution is 5.11. The van der Waals surface area contributed by atoms with E-state index in [9.17, 15) is 0 Å². The van der Waals surface area contributed by atoms with E-state index in [1.54, 1.807) is 0 Å². The van der Waals surface area contributed by atoms with Crippen LogP contribution in [0.2, 0.25) is 0 Å². The maximum absolute atomic E-state index is 6.44. The minimum Gasteiger partial charge on any atom is -0.326 e. The summed E-state index contributed by atoms with van der Waals surface area (Å²) in [7, 11) is 2.01. The molecule has 4 heterocycles. The number of fused-ring (bicyclic) bond motifs is 3. The van der Waals surface area contributed by atoms with Gasteiger partial charge in [0.15, 0.2) is 0 Å². The van der Waals surface area contributed by atoms with Gasteiger partial charge in [-0.05, 0) is 13.0 Å². The van der Waals surface area contributed by atoms with Crippen molar-refractivity contribution in [2.45, 2.75) is 25.4 Å². The van der Waals surface area contributed by atoms with Crippen molar-refractivity contribution in [2.75, 3.05) is 32.7 Å². The molecule has 100 valence electrons. The SMILES string of the molecule is Cc1cc(CC(N)C2CN3CCN2CC3)n(C)n1. The fraction of sp³-hybridized carbons (Fsp3) is 0.769. The highest BCUT2D eigenvalue weighted by Crippen LogP contribution is 2.19. The van der Waals surface area contributed by atoms with Gasteiger partial charge in [-0.1, -0.05) is 0 Å². The van der Waals surface area contributed by atoms with Gasteiger partial charge in [-0.25, -0.2) is 0 Å². The van der Waals surface area contributed by atoms with Crippen molar-refractivity contribution >= 4 is 0 Å². The Hall–Kier alpha value is -0.910. The summed E-state index contributed by atoms with van der Waals surface area (Å²) in [5.41, 5.74) is 8.76. The van der Waals surface area contributed by atoms with E-state index in [2.05, 4.69) is 21.0 Å². The molecule has 4 rings (SSSR count). The van der Waals surface area contributed by atoms with Crippen molar-refractivity contribution in [3.63, 3.8) is 0 Å². The highest BCUT2D eigenvalue weighted by atomic mass is 15.4. The van der Waals surface area contributed by atoms with Gasteiger partial charge in [0.1, 0.15) is 0 Å². The van der Waals surface area contributed by atoms with Crippen LogP contribution in [0.5, 0.6) is 0 Å². The number of piperazine rings is 3. The Balaban J connectivity index is 1.68. The molecular formula is C13H23N5. The molecule has 0 aromatic carbocycles. The molecule has 0 spiro atoms. The van der Waals surface area contributed by atoms with E-state index in [1.165, 1.54) is 31.9 Å². The lowest BCUT2D eigenvalue weighted by Gasteiger charge is -2.49. The number of rotatable bonds is 3. The molecule has 0 radical (unpaired) electrons. The molecule has 1 aromatic heterocycles. The molecule has 3 fully saturated rings. The minimum absolute atomic E-state index is 0.211. The Labute approximate surface area is 109 Å². The highest BCUT2D eigenvalue weighted by Gasteiger charge is 2.35. The third kappa shape index (κ3) is 2.18. The number of hydrogen-bond donors (Lipinski definition) is 1. The molecule has 5 heteroatoms.